The van der Waals surface area contributed by atoms with Crippen molar-refractivity contribution in [3.05, 3.63) is 0 Å². The highest BCUT2D eigenvalue weighted by atomic mass is 14.9. The molecule has 0 unspecified atom stereocenters. The van der Waals surface area contributed by atoms with Crippen LogP contribution in [0.4, 0.5) is 0 Å². The minimum atomic E-state index is 0.274. The Morgan fingerprint density at radius 1 is 0.382 bits per heavy atom. The lowest BCUT2D eigenvalue weighted by Gasteiger charge is -2.82. The highest BCUT2D eigenvalue weighted by Gasteiger charge is 2.89. The average Bonchev–Trinajstić information content (AvgIpc) is 3.52. The van der Waals surface area contributed by atoms with Crippen LogP contribution in [0, 0.1) is 195 Å². The fourth-order valence-electron chi connectivity index (χ4n) is 29.1. The highest BCUT2D eigenvalue weighted by Crippen LogP contribution is 2.93. The van der Waals surface area contributed by atoms with Crippen LogP contribution in [0.25, 0.3) is 0 Å². The van der Waals surface area contributed by atoms with E-state index in [-0.39, 0.29) is 10.8 Å². The van der Waals surface area contributed by atoms with Crippen LogP contribution >= 0.6 is 0 Å². The Balaban J connectivity index is 0.000000185. The number of hydrogen-bond donors (Lipinski definition) is 0. The summed E-state index contributed by atoms with van der Waals surface area (Å²) in [6.45, 7) is 85.7. The van der Waals surface area contributed by atoms with E-state index in [0.717, 1.165) is 124 Å². The molecule has 9 aliphatic carbocycles. The van der Waals surface area contributed by atoms with E-state index in [1.54, 1.807) is 0 Å². The van der Waals surface area contributed by atoms with Gasteiger partial charge in [-0.3, -0.25) is 0 Å². The molecule has 0 aromatic rings. The van der Waals surface area contributed by atoms with Gasteiger partial charge in [-0.15, -0.1) is 0 Å². The Bertz CT molecular complexity index is 1970. The molecular weight excluding hydrogens is 817 g/mol. The minimum absolute atomic E-state index is 0.274. The Labute approximate surface area is 427 Å². The van der Waals surface area contributed by atoms with Gasteiger partial charge in [-0.05, 0) is 195 Å². The highest BCUT2D eigenvalue weighted by molar-refractivity contribution is 5.36. The topological polar surface area (TPSA) is 0 Å². The molecule has 394 valence electrons. The first-order valence-corrected chi connectivity index (χ1v) is 30.5. The van der Waals surface area contributed by atoms with E-state index in [9.17, 15) is 0 Å². The molecule has 1 spiro atoms. The number of hydrogen-bond acceptors (Lipinski definition) is 0. The van der Waals surface area contributed by atoms with Crippen molar-refractivity contribution in [2.45, 2.75) is 234 Å². The van der Waals surface area contributed by atoms with Crippen molar-refractivity contribution >= 4 is 0 Å². The molecule has 0 bridgehead atoms. The second-order valence-corrected chi connectivity index (χ2v) is 34.2. The van der Waals surface area contributed by atoms with Gasteiger partial charge in [-0.25, -0.2) is 0 Å². The summed E-state index contributed by atoms with van der Waals surface area (Å²) >= 11 is 0. The summed E-state index contributed by atoms with van der Waals surface area (Å²) in [5.74, 6) is 18.5. The third-order valence-electron chi connectivity index (χ3n) is 33.5. The summed E-state index contributed by atoms with van der Waals surface area (Å²) in [5.41, 5.74) is 4.59. The van der Waals surface area contributed by atoms with E-state index in [1.165, 1.54) is 12.8 Å². The van der Waals surface area contributed by atoms with Crippen LogP contribution in [0.3, 0.4) is 0 Å². The summed E-state index contributed by atoms with van der Waals surface area (Å²) in [5, 5.41) is 0. The Kier molecular flexibility index (Phi) is 11.9. The molecule has 0 heterocycles. The molecule has 0 amide bonds. The van der Waals surface area contributed by atoms with E-state index < -0.39 is 0 Å². The minimum Gasteiger partial charge on any atom is -0.0651 e. The van der Waals surface area contributed by atoms with Gasteiger partial charge < -0.3 is 0 Å². The van der Waals surface area contributed by atoms with Gasteiger partial charge in [0.2, 0.25) is 0 Å². The largest absolute Gasteiger partial charge is 0.0651 e. The Morgan fingerprint density at radius 2 is 0.868 bits per heavy atom. The predicted molar refractivity (Wildman–Crippen MR) is 297 cm³/mol. The number of fused-ring (bicyclic) bond motifs is 8. The zero-order chi connectivity index (χ0) is 52.1. The molecule has 9 fully saturated rings. The summed E-state index contributed by atoms with van der Waals surface area (Å²) in [6, 6.07) is 0. The number of rotatable bonds is 3. The SMILES string of the molecule is CCC(C)(C)[C@@H]1[C@H](C)[C@H](C)[C@@H]2[C@H](C)[C@H](C)[C@H]3[C@](C)([C@@H]2[C@@H]1C)C(C)(C)[C@@]1(C)[C@@H](C)C(C)(C)C(C)(C)[C@]31C.CC[C@@H]1C(C)(C)[C@@H](C)[C@@H]2[C@@H](C)[C@]3(C)[C@H]4[C@@H](C)[C@@H]5[C@H]([C@@H](C)[C@H]4[C@@H](C)[C@]23C1(C)C)[C@H](C)C5(C)C. The van der Waals surface area contributed by atoms with Gasteiger partial charge in [0.1, 0.15) is 0 Å². The van der Waals surface area contributed by atoms with Gasteiger partial charge in [0.15, 0.2) is 0 Å². The molecule has 0 saturated heterocycles. The molecule has 0 heteroatoms. The standard InChI is InChI=1S/C36H66.C32H56/c1-19-30(8,9)27-22(4)20(2)26-21(3)23(5)29-34(16,28(26)24(27)6)33(14,15)35(17)25(7)31(10,11)32(12,13)36(29,35)18;1-15-22-28(8,9)20(6)27-21(7)31(14)26-17(3)25-23(18(4)29(25,10)11)16(2)24(26)19(5)32(27,31)30(22,12)13/h20-29H,19H2,1-18H3;16-27H,15H2,1-14H3/t20-,21+,22+,23-,24+,25-,26+,27+,28+,29-,34-,35+,36-;16-,17+,18+,19-,20+,21-,22-,23-,24+,25-,26+,27-,31-,32-/m01/s1. The molecule has 9 aliphatic rings. The van der Waals surface area contributed by atoms with Crippen LogP contribution in [-0.4, -0.2) is 0 Å². The summed E-state index contributed by atoms with van der Waals surface area (Å²) in [7, 11) is 0. The predicted octanol–water partition coefficient (Wildman–Crippen LogP) is 19.9. The van der Waals surface area contributed by atoms with Crippen molar-refractivity contribution in [3.8, 4) is 0 Å². The molecule has 0 N–H and O–H groups in total. The first kappa shape index (κ1) is 54.3. The maximum Gasteiger partial charge on any atom is -0.0122 e. The quantitative estimate of drug-likeness (QED) is 0.265. The molecular formula is C68H122. The fraction of sp³-hybridized carbons (Fsp3) is 1.00. The van der Waals surface area contributed by atoms with E-state index >= 15 is 0 Å². The van der Waals surface area contributed by atoms with Crippen LogP contribution in [0.15, 0.2) is 0 Å². The maximum atomic E-state index is 2.84. The lowest BCUT2D eigenvalue weighted by molar-refractivity contribution is -0.348. The van der Waals surface area contributed by atoms with Gasteiger partial charge in [-0.2, -0.15) is 0 Å². The Hall–Kier alpha value is 0. The molecule has 0 aromatic heterocycles. The molecule has 68 heavy (non-hydrogen) atoms. The fourth-order valence-corrected chi connectivity index (χ4v) is 29.1. The van der Waals surface area contributed by atoms with Gasteiger partial charge >= 0.3 is 0 Å². The molecule has 0 radical (unpaired) electrons. The Morgan fingerprint density at radius 3 is 1.37 bits per heavy atom. The monoisotopic (exact) mass is 939 g/mol. The van der Waals surface area contributed by atoms with Crippen LogP contribution in [0.5, 0.6) is 0 Å². The average molecular weight is 940 g/mol. The lowest BCUT2D eigenvalue weighted by Crippen LogP contribution is -2.77. The lowest BCUT2D eigenvalue weighted by atomic mass is 9.22. The molecule has 0 nitrogen and oxygen atoms in total. The van der Waals surface area contributed by atoms with Gasteiger partial charge in [-0.1, -0.05) is 234 Å². The molecule has 27 atom stereocenters. The van der Waals surface area contributed by atoms with Crippen LogP contribution in [-0.2, 0) is 0 Å². The van der Waals surface area contributed by atoms with Gasteiger partial charge in [0.05, 0.1) is 0 Å². The first-order chi connectivity index (χ1) is 30.5. The van der Waals surface area contributed by atoms with Crippen molar-refractivity contribution in [3.63, 3.8) is 0 Å². The molecule has 9 rings (SSSR count). The normalized spacial score (nSPS) is 60.0. The van der Waals surface area contributed by atoms with Gasteiger partial charge in [0.25, 0.3) is 0 Å². The van der Waals surface area contributed by atoms with Crippen LogP contribution < -0.4 is 0 Å². The van der Waals surface area contributed by atoms with Crippen LogP contribution in [0.1, 0.15) is 234 Å². The van der Waals surface area contributed by atoms with E-state index in [1.807, 2.05) is 0 Å². The van der Waals surface area contributed by atoms with Crippen molar-refractivity contribution in [1.29, 1.82) is 0 Å². The van der Waals surface area contributed by atoms with Crippen molar-refractivity contribution in [2.75, 3.05) is 0 Å². The first-order valence-electron chi connectivity index (χ1n) is 30.5. The maximum absolute atomic E-state index is 2.84. The molecule has 9 saturated carbocycles. The second-order valence-electron chi connectivity index (χ2n) is 34.2. The summed E-state index contributed by atoms with van der Waals surface area (Å²) < 4.78 is 0. The third kappa shape index (κ3) is 5.09. The zero-order valence-electron chi connectivity index (χ0n) is 52.1. The van der Waals surface area contributed by atoms with Crippen molar-refractivity contribution in [2.24, 2.45) is 195 Å². The zero-order valence-corrected chi connectivity index (χ0v) is 52.1. The molecule has 0 aromatic carbocycles. The molecule has 0 aliphatic heterocycles. The van der Waals surface area contributed by atoms with Crippen molar-refractivity contribution < 1.29 is 0 Å². The van der Waals surface area contributed by atoms with E-state index in [0.29, 0.717) is 60.1 Å². The van der Waals surface area contributed by atoms with Gasteiger partial charge in [0, 0.05) is 0 Å². The van der Waals surface area contributed by atoms with Crippen LogP contribution in [0.2, 0.25) is 0 Å². The summed E-state index contributed by atoms with van der Waals surface area (Å²) in [4.78, 5) is 0. The van der Waals surface area contributed by atoms with Crippen molar-refractivity contribution in [1.82, 2.24) is 0 Å². The smallest absolute Gasteiger partial charge is 0.0122 e. The summed E-state index contributed by atoms with van der Waals surface area (Å²) in [6.07, 6.45) is 2.63. The van der Waals surface area contributed by atoms with E-state index in [4.69, 9.17) is 0 Å². The van der Waals surface area contributed by atoms with E-state index in [2.05, 4.69) is 222 Å². The second kappa shape index (κ2) is 14.9. The third-order valence-corrected chi connectivity index (χ3v) is 33.5.